The van der Waals surface area contributed by atoms with Crippen LogP contribution in [0.25, 0.3) is 10.2 Å². The summed E-state index contributed by atoms with van der Waals surface area (Å²) in [6.45, 7) is 7.61. The van der Waals surface area contributed by atoms with Crippen molar-refractivity contribution in [1.29, 1.82) is 0 Å². The Hall–Kier alpha value is -2.98. The number of hydrogen-bond donors (Lipinski definition) is 1. The molecule has 0 atom stereocenters. The minimum absolute atomic E-state index is 0.0370. The van der Waals surface area contributed by atoms with E-state index in [1.54, 1.807) is 35.0 Å². The molecule has 0 radical (unpaired) electrons. The van der Waals surface area contributed by atoms with Gasteiger partial charge < -0.3 is 5.32 Å². The van der Waals surface area contributed by atoms with E-state index in [4.69, 9.17) is 4.98 Å². The predicted molar refractivity (Wildman–Crippen MR) is 133 cm³/mol. The van der Waals surface area contributed by atoms with E-state index in [1.165, 1.54) is 10.9 Å². The fourth-order valence-corrected chi connectivity index (χ4v) is 6.15. The molecule has 1 aromatic carbocycles. The molecule has 172 valence electrons. The number of allylic oxidation sites excluding steroid dienone is 1. The number of amides is 1. The minimum Gasteiger partial charge on any atom is -0.319 e. The molecule has 2 aromatic heterocycles. The Morgan fingerprint density at radius 1 is 1.36 bits per heavy atom. The SMILES string of the molecule is C=CCn1c(SCC(=O)Nc2c([N+](=O)[O-])ccc(C)c2C)nc2sc3c(c2c1=O)CCCC3. The third-order valence-electron chi connectivity index (χ3n) is 5.86. The lowest BCUT2D eigenvalue weighted by Gasteiger charge is -2.13. The second kappa shape index (κ2) is 9.48. The first-order valence-corrected chi connectivity index (χ1v) is 12.4. The number of thioether (sulfide) groups is 1. The van der Waals surface area contributed by atoms with Crippen molar-refractivity contribution in [1.82, 2.24) is 9.55 Å². The molecular weight excluding hydrogens is 460 g/mol. The van der Waals surface area contributed by atoms with Gasteiger partial charge in [0, 0.05) is 17.5 Å². The fraction of sp³-hybridized carbons (Fsp3) is 0.348. The van der Waals surface area contributed by atoms with Crippen molar-refractivity contribution in [3.05, 3.63) is 66.8 Å². The van der Waals surface area contributed by atoms with E-state index < -0.39 is 10.8 Å². The first-order chi connectivity index (χ1) is 15.8. The van der Waals surface area contributed by atoms with Crippen LogP contribution in [-0.2, 0) is 24.2 Å². The normalized spacial score (nSPS) is 13.0. The molecule has 0 unspecified atom stereocenters. The Morgan fingerprint density at radius 2 is 2.12 bits per heavy atom. The monoisotopic (exact) mass is 484 g/mol. The first-order valence-electron chi connectivity index (χ1n) is 10.6. The lowest BCUT2D eigenvalue weighted by Crippen LogP contribution is -2.24. The first kappa shape index (κ1) is 23.2. The summed E-state index contributed by atoms with van der Waals surface area (Å²) >= 11 is 2.70. The van der Waals surface area contributed by atoms with Crippen molar-refractivity contribution < 1.29 is 9.72 Å². The maximum atomic E-state index is 13.3. The molecule has 1 amide bonds. The smallest absolute Gasteiger partial charge is 0.293 e. The largest absolute Gasteiger partial charge is 0.319 e. The number of benzene rings is 1. The van der Waals surface area contributed by atoms with E-state index in [9.17, 15) is 19.7 Å². The third-order valence-corrected chi connectivity index (χ3v) is 8.02. The quantitative estimate of drug-likeness (QED) is 0.170. The Labute approximate surface area is 198 Å². The van der Waals surface area contributed by atoms with Crippen molar-refractivity contribution in [3.63, 3.8) is 0 Å². The number of hydrogen-bond acceptors (Lipinski definition) is 7. The van der Waals surface area contributed by atoms with Crippen molar-refractivity contribution in [2.45, 2.75) is 51.2 Å². The van der Waals surface area contributed by atoms with Gasteiger partial charge in [-0.3, -0.25) is 24.3 Å². The highest BCUT2D eigenvalue weighted by atomic mass is 32.2. The van der Waals surface area contributed by atoms with Crippen LogP contribution in [0.5, 0.6) is 0 Å². The van der Waals surface area contributed by atoms with Crippen LogP contribution in [0.1, 0.15) is 34.4 Å². The third kappa shape index (κ3) is 4.45. The Morgan fingerprint density at radius 3 is 2.85 bits per heavy atom. The Kier molecular flexibility index (Phi) is 6.66. The zero-order chi connectivity index (χ0) is 23.7. The molecule has 0 saturated heterocycles. The summed E-state index contributed by atoms with van der Waals surface area (Å²) in [7, 11) is 0. The van der Waals surface area contributed by atoms with Crippen LogP contribution >= 0.6 is 23.1 Å². The summed E-state index contributed by atoms with van der Waals surface area (Å²) in [5.74, 6) is -0.438. The molecule has 10 heteroatoms. The van der Waals surface area contributed by atoms with Gasteiger partial charge in [0.15, 0.2) is 5.16 Å². The minimum atomic E-state index is -0.509. The topological polar surface area (TPSA) is 107 Å². The average Bonchev–Trinajstić information content (AvgIpc) is 3.16. The highest BCUT2D eigenvalue weighted by Gasteiger charge is 2.23. The Bertz CT molecular complexity index is 1340. The molecule has 0 fully saturated rings. The number of thiophene rings is 1. The lowest BCUT2D eigenvalue weighted by molar-refractivity contribution is -0.384. The standard InChI is InChI=1S/C23H24N4O4S2/c1-4-11-26-22(29)19-15-7-5-6-8-17(15)33-21(19)25-23(26)32-12-18(28)24-20-14(3)13(2)9-10-16(20)27(30)31/h4,9-10H,1,5-8,11-12H2,2-3H3,(H,24,28). The van der Waals surface area contributed by atoms with Crippen molar-refractivity contribution >= 4 is 50.6 Å². The molecule has 33 heavy (non-hydrogen) atoms. The maximum absolute atomic E-state index is 13.3. The molecule has 4 rings (SSSR count). The van der Waals surface area contributed by atoms with Crippen molar-refractivity contribution in [3.8, 4) is 0 Å². The van der Waals surface area contributed by atoms with E-state index in [0.29, 0.717) is 27.5 Å². The van der Waals surface area contributed by atoms with Crippen LogP contribution in [0.15, 0.2) is 34.7 Å². The molecule has 0 bridgehead atoms. The van der Waals surface area contributed by atoms with E-state index >= 15 is 0 Å². The molecule has 1 aliphatic carbocycles. The number of nitro benzene ring substituents is 1. The number of aryl methyl sites for hydroxylation is 3. The van der Waals surface area contributed by atoms with Crippen LogP contribution in [0.2, 0.25) is 0 Å². The zero-order valence-electron chi connectivity index (χ0n) is 18.5. The van der Waals surface area contributed by atoms with Crippen LogP contribution in [0, 0.1) is 24.0 Å². The molecule has 2 heterocycles. The molecule has 1 N–H and O–H groups in total. The van der Waals surface area contributed by atoms with Gasteiger partial charge in [0.2, 0.25) is 5.91 Å². The summed E-state index contributed by atoms with van der Waals surface area (Å²) < 4.78 is 1.55. The van der Waals surface area contributed by atoms with E-state index in [0.717, 1.165) is 48.6 Å². The van der Waals surface area contributed by atoms with Gasteiger partial charge >= 0.3 is 0 Å². The van der Waals surface area contributed by atoms with Gasteiger partial charge in [-0.1, -0.05) is 23.9 Å². The molecule has 8 nitrogen and oxygen atoms in total. The predicted octanol–water partition coefficient (Wildman–Crippen LogP) is 4.78. The summed E-state index contributed by atoms with van der Waals surface area (Å²) in [6.07, 6.45) is 5.69. The van der Waals surface area contributed by atoms with Crippen LogP contribution in [-0.4, -0.2) is 26.1 Å². The summed E-state index contributed by atoms with van der Waals surface area (Å²) in [4.78, 5) is 43.6. The summed E-state index contributed by atoms with van der Waals surface area (Å²) in [6, 6.07) is 3.05. The second-order valence-corrected chi connectivity index (χ2v) is 10.0. The number of aromatic nitrogens is 2. The van der Waals surface area contributed by atoms with Gasteiger partial charge in [-0.05, 0) is 56.2 Å². The number of anilines is 1. The molecule has 0 aliphatic heterocycles. The number of carbonyl (C=O) groups excluding carboxylic acids is 1. The van der Waals surface area contributed by atoms with Crippen LogP contribution < -0.4 is 10.9 Å². The van der Waals surface area contributed by atoms with E-state index in [-0.39, 0.29) is 22.7 Å². The lowest BCUT2D eigenvalue weighted by atomic mass is 9.97. The fourth-order valence-electron chi connectivity index (χ4n) is 4.04. The van der Waals surface area contributed by atoms with E-state index in [1.807, 2.05) is 6.92 Å². The number of rotatable bonds is 7. The molecule has 1 aliphatic rings. The summed E-state index contributed by atoms with van der Waals surface area (Å²) in [5, 5.41) is 15.2. The van der Waals surface area contributed by atoms with Gasteiger partial charge in [-0.2, -0.15) is 0 Å². The van der Waals surface area contributed by atoms with Gasteiger partial charge in [-0.15, -0.1) is 17.9 Å². The molecular formula is C23H24N4O4S2. The van der Waals surface area contributed by atoms with Crippen molar-refractivity contribution in [2.24, 2.45) is 0 Å². The maximum Gasteiger partial charge on any atom is 0.293 e. The highest BCUT2D eigenvalue weighted by molar-refractivity contribution is 7.99. The van der Waals surface area contributed by atoms with E-state index in [2.05, 4.69) is 11.9 Å². The van der Waals surface area contributed by atoms with Crippen molar-refractivity contribution in [2.75, 3.05) is 11.1 Å². The summed E-state index contributed by atoms with van der Waals surface area (Å²) in [5.41, 5.74) is 2.56. The van der Waals surface area contributed by atoms with Gasteiger partial charge in [0.1, 0.15) is 10.5 Å². The number of nitro groups is 1. The molecule has 0 saturated carbocycles. The number of nitrogens with zero attached hydrogens (tertiary/aromatic N) is 3. The zero-order valence-corrected chi connectivity index (χ0v) is 20.1. The van der Waals surface area contributed by atoms with Gasteiger partial charge in [-0.25, -0.2) is 4.98 Å². The number of fused-ring (bicyclic) bond motifs is 3. The highest BCUT2D eigenvalue weighted by Crippen LogP contribution is 2.35. The van der Waals surface area contributed by atoms with Crippen LogP contribution in [0.4, 0.5) is 11.4 Å². The molecule has 0 spiro atoms. The molecule has 3 aromatic rings. The Balaban J connectivity index is 1.62. The van der Waals surface area contributed by atoms with Crippen LogP contribution in [0.3, 0.4) is 0 Å². The number of nitrogens with one attached hydrogen (secondary N) is 1. The van der Waals surface area contributed by atoms with Gasteiger partial charge in [0.05, 0.1) is 16.1 Å². The van der Waals surface area contributed by atoms with Gasteiger partial charge in [0.25, 0.3) is 11.2 Å². The number of carbonyl (C=O) groups is 1. The second-order valence-electron chi connectivity index (χ2n) is 7.99. The average molecular weight is 485 g/mol.